The number of anilines is 1. The third-order valence-corrected chi connectivity index (χ3v) is 6.59. The first-order valence-corrected chi connectivity index (χ1v) is 11.5. The van der Waals surface area contributed by atoms with Crippen molar-refractivity contribution in [3.05, 3.63) is 59.8 Å². The van der Waals surface area contributed by atoms with E-state index >= 15 is 0 Å². The van der Waals surface area contributed by atoms with E-state index in [1.54, 1.807) is 6.20 Å². The lowest BCUT2D eigenvalue weighted by atomic mass is 9.90. The van der Waals surface area contributed by atoms with Crippen molar-refractivity contribution in [2.75, 3.05) is 25.6 Å². The summed E-state index contributed by atoms with van der Waals surface area (Å²) in [7, 11) is 0. The number of rotatable bonds is 4. The van der Waals surface area contributed by atoms with Crippen LogP contribution < -0.4 is 15.2 Å². The van der Waals surface area contributed by atoms with Crippen molar-refractivity contribution in [2.45, 2.75) is 31.8 Å². The number of hydrogen-bond donors (Lipinski definition) is 1. The zero-order valence-corrected chi connectivity index (χ0v) is 18.4. The van der Waals surface area contributed by atoms with Crippen molar-refractivity contribution in [1.82, 2.24) is 9.97 Å². The highest BCUT2D eigenvalue weighted by atomic mass is 16.5. The van der Waals surface area contributed by atoms with Crippen LogP contribution >= 0.6 is 0 Å². The maximum atomic E-state index is 6.52. The molecule has 0 radical (unpaired) electrons. The molecule has 0 aliphatic carbocycles. The van der Waals surface area contributed by atoms with Gasteiger partial charge in [0.25, 0.3) is 0 Å². The van der Waals surface area contributed by atoms with Crippen LogP contribution in [0.15, 0.2) is 53.7 Å². The summed E-state index contributed by atoms with van der Waals surface area (Å²) in [6, 6.07) is 14.3. The zero-order chi connectivity index (χ0) is 22.2. The molecule has 1 aromatic heterocycles. The summed E-state index contributed by atoms with van der Waals surface area (Å²) in [5, 5.41) is 0. The molecule has 168 valence electrons. The lowest BCUT2D eigenvalue weighted by Crippen LogP contribution is -2.28. The summed E-state index contributed by atoms with van der Waals surface area (Å²) in [6.07, 6.45) is 5.31. The predicted octanol–water partition coefficient (Wildman–Crippen LogP) is 4.16. The Morgan fingerprint density at radius 3 is 2.82 bits per heavy atom. The highest BCUT2D eigenvalue weighted by Crippen LogP contribution is 2.42. The standard InChI is InChI=1S/C26H26N4O3/c27-26-28-8-5-21(30-26)17-12-23-20(25(13-17)33-19-6-9-31-10-7-19)14-22(29-23)18-11-16-3-1-2-4-24(16)32-15-18/h1-5,8,12-13,18-19H,6-7,9-11,14-15H2,(H2,27,28,30). The monoisotopic (exact) mass is 442 g/mol. The molecule has 3 aliphatic rings. The van der Waals surface area contributed by atoms with Crippen molar-refractivity contribution in [3.8, 4) is 22.8 Å². The summed E-state index contributed by atoms with van der Waals surface area (Å²) >= 11 is 0. The summed E-state index contributed by atoms with van der Waals surface area (Å²) in [5.41, 5.74) is 12.0. The number of aromatic nitrogens is 2. The van der Waals surface area contributed by atoms with Gasteiger partial charge in [-0.3, -0.25) is 4.99 Å². The van der Waals surface area contributed by atoms with Crippen LogP contribution in [-0.4, -0.2) is 41.6 Å². The molecule has 0 bridgehead atoms. The van der Waals surface area contributed by atoms with Gasteiger partial charge in [0.2, 0.25) is 5.95 Å². The first-order valence-electron chi connectivity index (χ1n) is 11.5. The number of hydrogen-bond acceptors (Lipinski definition) is 7. The lowest BCUT2D eigenvalue weighted by molar-refractivity contribution is 0.0253. The maximum Gasteiger partial charge on any atom is 0.220 e. The minimum absolute atomic E-state index is 0.141. The van der Waals surface area contributed by atoms with Gasteiger partial charge < -0.3 is 19.9 Å². The Kier molecular flexibility index (Phi) is 5.19. The number of para-hydroxylation sites is 1. The van der Waals surface area contributed by atoms with Gasteiger partial charge in [0.05, 0.1) is 31.2 Å². The number of ether oxygens (including phenoxy) is 3. The van der Waals surface area contributed by atoms with Crippen LogP contribution in [0.1, 0.15) is 24.0 Å². The molecule has 2 aromatic carbocycles. The van der Waals surface area contributed by atoms with Gasteiger partial charge in [0, 0.05) is 48.2 Å². The average molecular weight is 443 g/mol. The minimum Gasteiger partial charge on any atom is -0.493 e. The molecule has 1 unspecified atom stereocenters. The summed E-state index contributed by atoms with van der Waals surface area (Å²) in [6.45, 7) is 2.11. The Balaban J connectivity index is 1.34. The smallest absolute Gasteiger partial charge is 0.220 e. The van der Waals surface area contributed by atoms with Crippen molar-refractivity contribution >= 4 is 17.3 Å². The van der Waals surface area contributed by atoms with E-state index in [-0.39, 0.29) is 18.0 Å². The van der Waals surface area contributed by atoms with Gasteiger partial charge in [-0.1, -0.05) is 18.2 Å². The second kappa shape index (κ2) is 8.48. The van der Waals surface area contributed by atoms with E-state index in [0.29, 0.717) is 6.61 Å². The molecule has 1 fully saturated rings. The molecular formula is C26H26N4O3. The maximum absolute atomic E-state index is 6.52. The van der Waals surface area contributed by atoms with E-state index in [9.17, 15) is 0 Å². The van der Waals surface area contributed by atoms with E-state index in [1.807, 2.05) is 18.2 Å². The van der Waals surface area contributed by atoms with Crippen LogP contribution in [0.2, 0.25) is 0 Å². The quantitative estimate of drug-likeness (QED) is 0.652. The number of nitrogen functional groups attached to an aromatic ring is 1. The molecule has 6 rings (SSSR count). The molecule has 1 atom stereocenters. The van der Waals surface area contributed by atoms with Crippen molar-refractivity contribution in [1.29, 1.82) is 0 Å². The molecule has 7 heteroatoms. The fraction of sp³-hybridized carbons (Fsp3) is 0.346. The van der Waals surface area contributed by atoms with Gasteiger partial charge in [-0.2, -0.15) is 0 Å². The Labute approximate surface area is 192 Å². The third-order valence-electron chi connectivity index (χ3n) is 6.59. The Hall–Kier alpha value is -3.45. The average Bonchev–Trinajstić information content (AvgIpc) is 3.29. The summed E-state index contributed by atoms with van der Waals surface area (Å²) < 4.78 is 18.1. The highest BCUT2D eigenvalue weighted by molar-refractivity contribution is 5.97. The minimum atomic E-state index is 0.141. The van der Waals surface area contributed by atoms with E-state index in [0.717, 1.165) is 78.6 Å². The fourth-order valence-corrected chi connectivity index (χ4v) is 4.82. The SMILES string of the molecule is Nc1nccc(-c2cc3c(c(OC4CCOCC4)c2)CC(C2COc4ccccc4C2)=N3)n1. The normalized spacial score (nSPS) is 19.9. The lowest BCUT2D eigenvalue weighted by Gasteiger charge is -2.26. The summed E-state index contributed by atoms with van der Waals surface area (Å²) in [4.78, 5) is 13.5. The Morgan fingerprint density at radius 2 is 1.94 bits per heavy atom. The largest absolute Gasteiger partial charge is 0.493 e. The molecular weight excluding hydrogens is 416 g/mol. The molecule has 33 heavy (non-hydrogen) atoms. The number of benzene rings is 2. The second-order valence-electron chi connectivity index (χ2n) is 8.80. The van der Waals surface area contributed by atoms with E-state index in [2.05, 4.69) is 34.2 Å². The number of aliphatic imine (C=N–C) groups is 1. The Bertz CT molecular complexity index is 1220. The van der Waals surface area contributed by atoms with E-state index in [4.69, 9.17) is 24.9 Å². The van der Waals surface area contributed by atoms with Gasteiger partial charge in [-0.15, -0.1) is 0 Å². The van der Waals surface area contributed by atoms with Crippen LogP contribution in [-0.2, 0) is 17.6 Å². The molecule has 0 amide bonds. The van der Waals surface area contributed by atoms with Crippen LogP contribution in [0.25, 0.3) is 11.3 Å². The van der Waals surface area contributed by atoms with Gasteiger partial charge in [0.15, 0.2) is 0 Å². The molecule has 3 aliphatic heterocycles. The van der Waals surface area contributed by atoms with Gasteiger partial charge in [-0.25, -0.2) is 9.97 Å². The molecule has 1 saturated heterocycles. The number of nitrogens with two attached hydrogens (primary N) is 1. The van der Waals surface area contributed by atoms with Gasteiger partial charge in [-0.05, 0) is 36.2 Å². The second-order valence-corrected chi connectivity index (χ2v) is 8.80. The third kappa shape index (κ3) is 4.04. The van der Waals surface area contributed by atoms with Crippen LogP contribution in [0.5, 0.6) is 11.5 Å². The number of nitrogens with zero attached hydrogens (tertiary/aromatic N) is 3. The molecule has 3 aromatic rings. The number of fused-ring (bicyclic) bond motifs is 2. The van der Waals surface area contributed by atoms with E-state index in [1.165, 1.54) is 5.56 Å². The zero-order valence-electron chi connectivity index (χ0n) is 18.4. The van der Waals surface area contributed by atoms with Crippen molar-refractivity contribution in [2.24, 2.45) is 10.9 Å². The Morgan fingerprint density at radius 1 is 1.06 bits per heavy atom. The highest BCUT2D eigenvalue weighted by Gasteiger charge is 2.30. The first-order chi connectivity index (χ1) is 16.2. The van der Waals surface area contributed by atoms with Crippen LogP contribution in [0.3, 0.4) is 0 Å². The van der Waals surface area contributed by atoms with Crippen LogP contribution in [0, 0.1) is 5.92 Å². The van der Waals surface area contributed by atoms with Gasteiger partial charge >= 0.3 is 0 Å². The molecule has 7 nitrogen and oxygen atoms in total. The van der Waals surface area contributed by atoms with Gasteiger partial charge in [0.1, 0.15) is 17.6 Å². The van der Waals surface area contributed by atoms with Crippen molar-refractivity contribution < 1.29 is 14.2 Å². The summed E-state index contributed by atoms with van der Waals surface area (Å²) in [5.74, 6) is 2.36. The molecule has 0 spiro atoms. The van der Waals surface area contributed by atoms with Crippen molar-refractivity contribution in [3.63, 3.8) is 0 Å². The van der Waals surface area contributed by atoms with Crippen LogP contribution in [0.4, 0.5) is 11.6 Å². The molecule has 4 heterocycles. The molecule has 0 saturated carbocycles. The molecule has 2 N–H and O–H groups in total. The van der Waals surface area contributed by atoms with E-state index < -0.39 is 0 Å². The predicted molar refractivity (Wildman–Crippen MR) is 126 cm³/mol. The first kappa shape index (κ1) is 20.2. The topological polar surface area (TPSA) is 91.9 Å². The fourth-order valence-electron chi connectivity index (χ4n) is 4.82.